The van der Waals surface area contributed by atoms with Crippen LogP contribution in [0.4, 0.5) is 0 Å². The number of likely N-dealkylation sites (tertiary alicyclic amines) is 1. The second kappa shape index (κ2) is 4.13. The Kier molecular flexibility index (Phi) is 3.35. The summed E-state index contributed by atoms with van der Waals surface area (Å²) in [6.45, 7) is 6.33. The summed E-state index contributed by atoms with van der Waals surface area (Å²) in [5.74, 6) is 2.51. The van der Waals surface area contributed by atoms with Crippen LogP contribution < -0.4 is 0 Å². The van der Waals surface area contributed by atoms with Gasteiger partial charge in [0.25, 0.3) is 0 Å². The van der Waals surface area contributed by atoms with Crippen molar-refractivity contribution in [2.75, 3.05) is 13.1 Å². The standard InChI is InChI=1S/C11H19NO/c1-4-11(13)6-5-8-12(9-7-11)10(2)3/h1,10,13H,5-9H2,2-3H3. The van der Waals surface area contributed by atoms with E-state index in [1.54, 1.807) is 0 Å². The molecule has 1 aliphatic rings. The molecule has 1 heterocycles. The first-order valence-corrected chi connectivity index (χ1v) is 5.01. The predicted octanol–water partition coefficient (Wildman–Crippen LogP) is 1.25. The van der Waals surface area contributed by atoms with Gasteiger partial charge in [-0.3, -0.25) is 0 Å². The minimum atomic E-state index is -0.844. The van der Waals surface area contributed by atoms with E-state index >= 15 is 0 Å². The van der Waals surface area contributed by atoms with Gasteiger partial charge >= 0.3 is 0 Å². The molecule has 0 spiro atoms. The van der Waals surface area contributed by atoms with E-state index in [4.69, 9.17) is 6.42 Å². The summed E-state index contributed by atoms with van der Waals surface area (Å²) in [4.78, 5) is 2.37. The Morgan fingerprint density at radius 3 is 2.62 bits per heavy atom. The van der Waals surface area contributed by atoms with Gasteiger partial charge in [-0.25, -0.2) is 0 Å². The lowest BCUT2D eigenvalue weighted by atomic mass is 9.96. The first-order chi connectivity index (χ1) is 6.07. The molecule has 1 fully saturated rings. The fourth-order valence-electron chi connectivity index (χ4n) is 1.80. The molecule has 0 aromatic heterocycles. The van der Waals surface area contributed by atoms with E-state index in [1.165, 1.54) is 0 Å². The fraction of sp³-hybridized carbons (Fsp3) is 0.818. The molecule has 0 aromatic carbocycles. The summed E-state index contributed by atoms with van der Waals surface area (Å²) in [6.07, 6.45) is 7.76. The normalized spacial score (nSPS) is 31.3. The van der Waals surface area contributed by atoms with E-state index in [-0.39, 0.29) is 0 Å². The Balaban J connectivity index is 2.55. The maximum absolute atomic E-state index is 9.90. The number of hydrogen-bond acceptors (Lipinski definition) is 2. The average molecular weight is 181 g/mol. The molecule has 1 saturated heterocycles. The molecule has 1 aliphatic heterocycles. The zero-order valence-electron chi connectivity index (χ0n) is 8.58. The van der Waals surface area contributed by atoms with Gasteiger partial charge in [-0.15, -0.1) is 6.42 Å². The third-order valence-corrected chi connectivity index (χ3v) is 2.85. The van der Waals surface area contributed by atoms with Crippen LogP contribution in [0.25, 0.3) is 0 Å². The van der Waals surface area contributed by atoms with Crippen LogP contribution in [-0.2, 0) is 0 Å². The maximum atomic E-state index is 9.90. The molecule has 2 heteroatoms. The Bertz CT molecular complexity index is 207. The third kappa shape index (κ3) is 2.72. The highest BCUT2D eigenvalue weighted by molar-refractivity contribution is 5.08. The Morgan fingerprint density at radius 2 is 2.08 bits per heavy atom. The van der Waals surface area contributed by atoms with Crippen LogP contribution in [0.3, 0.4) is 0 Å². The molecular weight excluding hydrogens is 162 g/mol. The zero-order chi connectivity index (χ0) is 9.90. The van der Waals surface area contributed by atoms with Crippen LogP contribution in [0.15, 0.2) is 0 Å². The van der Waals surface area contributed by atoms with Gasteiger partial charge in [0.2, 0.25) is 0 Å². The van der Waals surface area contributed by atoms with E-state index in [0.29, 0.717) is 12.5 Å². The number of rotatable bonds is 1. The van der Waals surface area contributed by atoms with E-state index in [2.05, 4.69) is 24.7 Å². The summed E-state index contributed by atoms with van der Waals surface area (Å²) in [7, 11) is 0. The van der Waals surface area contributed by atoms with Crippen molar-refractivity contribution in [2.45, 2.75) is 44.8 Å². The summed E-state index contributed by atoms with van der Waals surface area (Å²) >= 11 is 0. The molecule has 0 aromatic rings. The first-order valence-electron chi connectivity index (χ1n) is 5.01. The van der Waals surface area contributed by atoms with Crippen molar-refractivity contribution in [3.05, 3.63) is 0 Å². The Labute approximate surface area is 80.9 Å². The molecule has 0 amide bonds. The molecule has 1 N–H and O–H groups in total. The van der Waals surface area contributed by atoms with Crippen molar-refractivity contribution < 1.29 is 5.11 Å². The number of nitrogens with zero attached hydrogens (tertiary/aromatic N) is 1. The van der Waals surface area contributed by atoms with Crippen LogP contribution in [0.5, 0.6) is 0 Å². The lowest BCUT2D eigenvalue weighted by Crippen LogP contribution is -2.33. The highest BCUT2D eigenvalue weighted by Crippen LogP contribution is 2.22. The van der Waals surface area contributed by atoms with Crippen molar-refractivity contribution in [3.63, 3.8) is 0 Å². The lowest BCUT2D eigenvalue weighted by molar-refractivity contribution is 0.0833. The summed E-state index contributed by atoms with van der Waals surface area (Å²) in [6, 6.07) is 0.556. The lowest BCUT2D eigenvalue weighted by Gasteiger charge is -2.25. The molecule has 0 saturated carbocycles. The van der Waals surface area contributed by atoms with Crippen molar-refractivity contribution in [1.82, 2.24) is 4.90 Å². The summed E-state index contributed by atoms with van der Waals surface area (Å²) in [5.41, 5.74) is -0.844. The van der Waals surface area contributed by atoms with Gasteiger partial charge in [-0.05, 0) is 33.2 Å². The van der Waals surface area contributed by atoms with Crippen molar-refractivity contribution in [3.8, 4) is 12.3 Å². The SMILES string of the molecule is C#CC1(O)CCCN(C(C)C)CC1. The van der Waals surface area contributed by atoms with E-state index in [0.717, 1.165) is 25.9 Å². The van der Waals surface area contributed by atoms with Crippen LogP contribution in [0.1, 0.15) is 33.1 Å². The highest BCUT2D eigenvalue weighted by Gasteiger charge is 2.28. The zero-order valence-corrected chi connectivity index (χ0v) is 8.58. The van der Waals surface area contributed by atoms with E-state index in [1.807, 2.05) is 0 Å². The van der Waals surface area contributed by atoms with Gasteiger partial charge < -0.3 is 10.0 Å². The topological polar surface area (TPSA) is 23.5 Å². The van der Waals surface area contributed by atoms with E-state index < -0.39 is 5.60 Å². The smallest absolute Gasteiger partial charge is 0.126 e. The van der Waals surface area contributed by atoms with Gasteiger partial charge in [-0.2, -0.15) is 0 Å². The molecule has 1 atom stereocenters. The monoisotopic (exact) mass is 181 g/mol. The Hall–Kier alpha value is -0.520. The highest BCUT2D eigenvalue weighted by atomic mass is 16.3. The van der Waals surface area contributed by atoms with Gasteiger partial charge in [0.1, 0.15) is 5.60 Å². The van der Waals surface area contributed by atoms with Gasteiger partial charge in [0, 0.05) is 19.0 Å². The predicted molar refractivity (Wildman–Crippen MR) is 54.3 cm³/mol. The van der Waals surface area contributed by atoms with Crippen LogP contribution in [-0.4, -0.2) is 34.7 Å². The molecular formula is C11H19NO. The van der Waals surface area contributed by atoms with Crippen LogP contribution >= 0.6 is 0 Å². The molecule has 0 bridgehead atoms. The first kappa shape index (κ1) is 10.6. The molecule has 13 heavy (non-hydrogen) atoms. The molecule has 74 valence electrons. The van der Waals surface area contributed by atoms with Crippen LogP contribution in [0, 0.1) is 12.3 Å². The van der Waals surface area contributed by atoms with Crippen molar-refractivity contribution >= 4 is 0 Å². The van der Waals surface area contributed by atoms with Crippen molar-refractivity contribution in [2.24, 2.45) is 0 Å². The quantitative estimate of drug-likeness (QED) is 0.615. The number of aliphatic hydroxyl groups is 1. The second-order valence-electron chi connectivity index (χ2n) is 4.16. The average Bonchev–Trinajstić information content (AvgIpc) is 2.28. The fourth-order valence-corrected chi connectivity index (χ4v) is 1.80. The minimum absolute atomic E-state index is 0.556. The maximum Gasteiger partial charge on any atom is 0.126 e. The van der Waals surface area contributed by atoms with Crippen molar-refractivity contribution in [1.29, 1.82) is 0 Å². The molecule has 0 radical (unpaired) electrons. The Morgan fingerprint density at radius 1 is 1.38 bits per heavy atom. The van der Waals surface area contributed by atoms with E-state index in [9.17, 15) is 5.11 Å². The molecule has 2 nitrogen and oxygen atoms in total. The molecule has 0 aliphatic carbocycles. The van der Waals surface area contributed by atoms with Gasteiger partial charge in [-0.1, -0.05) is 5.92 Å². The molecule has 1 unspecified atom stereocenters. The second-order valence-corrected chi connectivity index (χ2v) is 4.16. The number of terminal acetylenes is 1. The van der Waals surface area contributed by atoms with Crippen LogP contribution in [0.2, 0.25) is 0 Å². The summed E-state index contributed by atoms with van der Waals surface area (Å²) in [5, 5.41) is 9.90. The van der Waals surface area contributed by atoms with Gasteiger partial charge in [0.15, 0.2) is 0 Å². The third-order valence-electron chi connectivity index (χ3n) is 2.85. The summed E-state index contributed by atoms with van der Waals surface area (Å²) < 4.78 is 0. The number of hydrogen-bond donors (Lipinski definition) is 1. The molecule has 1 rings (SSSR count). The van der Waals surface area contributed by atoms with Gasteiger partial charge in [0.05, 0.1) is 0 Å². The minimum Gasteiger partial charge on any atom is -0.378 e. The largest absolute Gasteiger partial charge is 0.378 e.